The lowest BCUT2D eigenvalue weighted by Crippen LogP contribution is -2.49. The van der Waals surface area contributed by atoms with Gasteiger partial charge in [0.15, 0.2) is 0 Å². The van der Waals surface area contributed by atoms with E-state index < -0.39 is 0 Å². The fraction of sp³-hybridized carbons (Fsp3) is 0.917. The highest BCUT2D eigenvalue weighted by atomic mass is 79.9. The number of amides is 1. The van der Waals surface area contributed by atoms with Gasteiger partial charge in [-0.3, -0.25) is 4.79 Å². The monoisotopic (exact) mass is 351 g/mol. The van der Waals surface area contributed by atoms with Crippen molar-refractivity contribution >= 4 is 37.8 Å². The average molecular weight is 353 g/mol. The summed E-state index contributed by atoms with van der Waals surface area (Å²) in [5.74, 6) is 1.99. The molecule has 0 aromatic heterocycles. The molecule has 2 nitrogen and oxygen atoms in total. The second-order valence-corrected chi connectivity index (χ2v) is 6.58. The van der Waals surface area contributed by atoms with Crippen molar-refractivity contribution in [2.75, 3.05) is 10.7 Å². The van der Waals surface area contributed by atoms with Crippen LogP contribution in [0, 0.1) is 17.8 Å². The van der Waals surface area contributed by atoms with E-state index in [1.54, 1.807) is 0 Å². The highest BCUT2D eigenvalue weighted by Crippen LogP contribution is 2.55. The van der Waals surface area contributed by atoms with Crippen molar-refractivity contribution in [1.82, 2.24) is 5.32 Å². The number of hydrogen-bond donors (Lipinski definition) is 1. The van der Waals surface area contributed by atoms with Crippen molar-refractivity contribution in [2.24, 2.45) is 17.8 Å². The molecule has 16 heavy (non-hydrogen) atoms. The smallest absolute Gasteiger partial charge is 0.224 e. The second-order valence-electron chi connectivity index (χ2n) is 5.46. The van der Waals surface area contributed by atoms with Gasteiger partial charge in [-0.1, -0.05) is 44.7 Å². The quantitative estimate of drug-likeness (QED) is 0.774. The summed E-state index contributed by atoms with van der Waals surface area (Å²) in [5.41, 5.74) is -0.150. The van der Waals surface area contributed by atoms with Gasteiger partial charge in [-0.15, -0.1) is 0 Å². The van der Waals surface area contributed by atoms with E-state index in [1.807, 2.05) is 0 Å². The van der Waals surface area contributed by atoms with Gasteiger partial charge in [0, 0.05) is 16.6 Å². The molecule has 2 aliphatic carbocycles. The molecule has 92 valence electrons. The molecule has 2 fully saturated rings. The van der Waals surface area contributed by atoms with Crippen LogP contribution in [0.5, 0.6) is 0 Å². The van der Waals surface area contributed by atoms with Crippen molar-refractivity contribution in [3.05, 3.63) is 0 Å². The summed E-state index contributed by atoms with van der Waals surface area (Å²) in [6.07, 6.45) is 5.17. The number of carbonyl (C=O) groups excluding carboxylic acids is 1. The summed E-state index contributed by atoms with van der Waals surface area (Å²) in [6, 6.07) is 0. The van der Waals surface area contributed by atoms with E-state index in [-0.39, 0.29) is 11.4 Å². The van der Waals surface area contributed by atoms with Crippen LogP contribution in [-0.2, 0) is 4.79 Å². The molecule has 0 radical (unpaired) electrons. The summed E-state index contributed by atoms with van der Waals surface area (Å²) >= 11 is 6.92. The number of nitrogens with one attached hydrogen (secondary N) is 1. The predicted octanol–water partition coefficient (Wildman–Crippen LogP) is 3.09. The Kier molecular flexibility index (Phi) is 4.00. The maximum Gasteiger partial charge on any atom is 0.224 e. The van der Waals surface area contributed by atoms with Gasteiger partial charge < -0.3 is 5.32 Å². The summed E-state index contributed by atoms with van der Waals surface area (Å²) in [4.78, 5) is 12.2. The van der Waals surface area contributed by atoms with Crippen LogP contribution >= 0.6 is 31.9 Å². The van der Waals surface area contributed by atoms with Gasteiger partial charge in [-0.05, 0) is 31.6 Å². The zero-order chi connectivity index (χ0) is 11.8. The van der Waals surface area contributed by atoms with Crippen LogP contribution in [0.25, 0.3) is 0 Å². The fourth-order valence-electron chi connectivity index (χ4n) is 2.86. The molecule has 4 heteroatoms. The first-order valence-corrected chi connectivity index (χ1v) is 8.29. The highest BCUT2D eigenvalue weighted by molar-refractivity contribution is 9.09. The number of fused-ring (bicyclic) bond motifs is 1. The molecule has 1 amide bonds. The van der Waals surface area contributed by atoms with Crippen molar-refractivity contribution in [3.8, 4) is 0 Å². The van der Waals surface area contributed by atoms with Crippen molar-refractivity contribution in [1.29, 1.82) is 0 Å². The van der Waals surface area contributed by atoms with E-state index >= 15 is 0 Å². The van der Waals surface area contributed by atoms with Gasteiger partial charge >= 0.3 is 0 Å². The molecule has 0 heterocycles. The lowest BCUT2D eigenvalue weighted by atomic mass is 10.0. The van der Waals surface area contributed by atoms with Crippen LogP contribution in [0.15, 0.2) is 0 Å². The fourth-order valence-corrected chi connectivity index (χ4v) is 4.07. The van der Waals surface area contributed by atoms with Crippen LogP contribution in [0.2, 0.25) is 0 Å². The zero-order valence-corrected chi connectivity index (χ0v) is 12.8. The minimum Gasteiger partial charge on any atom is -0.349 e. The molecule has 0 aliphatic heterocycles. The summed E-state index contributed by atoms with van der Waals surface area (Å²) < 4.78 is 0. The van der Waals surface area contributed by atoms with Crippen LogP contribution in [0.1, 0.15) is 32.6 Å². The molecule has 2 saturated carbocycles. The maximum absolute atomic E-state index is 12.2. The number of hydrogen-bond acceptors (Lipinski definition) is 1. The summed E-state index contributed by atoms with van der Waals surface area (Å²) in [6.45, 7) is 2.07. The molecule has 0 spiro atoms. The molecular formula is C12H19Br2NO. The largest absolute Gasteiger partial charge is 0.349 e. The van der Waals surface area contributed by atoms with Crippen LogP contribution < -0.4 is 5.32 Å². The molecule has 2 aliphatic rings. The Bertz CT molecular complexity index is 266. The topological polar surface area (TPSA) is 29.1 Å². The Balaban J connectivity index is 1.89. The molecular weight excluding hydrogens is 334 g/mol. The lowest BCUT2D eigenvalue weighted by molar-refractivity contribution is -0.124. The van der Waals surface area contributed by atoms with Crippen molar-refractivity contribution < 1.29 is 4.79 Å². The minimum atomic E-state index is -0.150. The third-order valence-corrected chi connectivity index (χ3v) is 6.45. The SMILES string of the molecule is CC(CBr)(CBr)NC(=O)C1C2CCCCC21. The molecule has 1 N–H and O–H groups in total. The van der Waals surface area contributed by atoms with Crippen LogP contribution in [-0.4, -0.2) is 22.1 Å². The van der Waals surface area contributed by atoms with E-state index in [1.165, 1.54) is 25.7 Å². The number of alkyl halides is 2. The van der Waals surface area contributed by atoms with Crippen molar-refractivity contribution in [3.63, 3.8) is 0 Å². The molecule has 0 aromatic rings. The molecule has 2 unspecified atom stereocenters. The minimum absolute atomic E-state index is 0.150. The molecule has 0 saturated heterocycles. The van der Waals surface area contributed by atoms with Crippen molar-refractivity contribution in [2.45, 2.75) is 38.1 Å². The standard InChI is InChI=1S/C12H19Br2NO/c1-12(6-13,7-14)15-11(16)10-8-4-2-3-5-9(8)10/h8-10H,2-7H2,1H3,(H,15,16). The first-order valence-electron chi connectivity index (χ1n) is 6.05. The second kappa shape index (κ2) is 4.97. The Hall–Kier alpha value is 0.430. The first kappa shape index (κ1) is 12.9. The highest BCUT2D eigenvalue weighted by Gasteiger charge is 2.55. The number of rotatable bonds is 4. The Morgan fingerprint density at radius 2 is 1.75 bits per heavy atom. The van der Waals surface area contributed by atoms with E-state index in [4.69, 9.17) is 0 Å². The number of carbonyl (C=O) groups is 1. The first-order chi connectivity index (χ1) is 7.61. The molecule has 2 atom stereocenters. The lowest BCUT2D eigenvalue weighted by Gasteiger charge is -2.26. The summed E-state index contributed by atoms with van der Waals surface area (Å²) in [7, 11) is 0. The summed E-state index contributed by atoms with van der Waals surface area (Å²) in [5, 5.41) is 4.76. The van der Waals surface area contributed by atoms with E-state index in [9.17, 15) is 4.79 Å². The van der Waals surface area contributed by atoms with Gasteiger partial charge in [0.05, 0.1) is 5.54 Å². The van der Waals surface area contributed by atoms with E-state index in [0.29, 0.717) is 17.8 Å². The van der Waals surface area contributed by atoms with Gasteiger partial charge in [0.25, 0.3) is 0 Å². The van der Waals surface area contributed by atoms with E-state index in [0.717, 1.165) is 10.7 Å². The normalized spacial score (nSPS) is 33.1. The molecule has 2 rings (SSSR count). The maximum atomic E-state index is 12.2. The van der Waals surface area contributed by atoms with Gasteiger partial charge in [-0.2, -0.15) is 0 Å². The van der Waals surface area contributed by atoms with Crippen LogP contribution in [0.3, 0.4) is 0 Å². The van der Waals surface area contributed by atoms with E-state index in [2.05, 4.69) is 44.1 Å². The zero-order valence-electron chi connectivity index (χ0n) is 9.64. The Morgan fingerprint density at radius 3 is 2.19 bits per heavy atom. The third kappa shape index (κ3) is 2.47. The molecule has 0 aromatic carbocycles. The Morgan fingerprint density at radius 1 is 1.25 bits per heavy atom. The number of halogens is 2. The Labute approximate surface area is 114 Å². The van der Waals surface area contributed by atoms with Gasteiger partial charge in [0.1, 0.15) is 0 Å². The molecule has 0 bridgehead atoms. The van der Waals surface area contributed by atoms with Gasteiger partial charge in [-0.25, -0.2) is 0 Å². The third-order valence-electron chi connectivity index (χ3n) is 3.97. The van der Waals surface area contributed by atoms with Crippen LogP contribution in [0.4, 0.5) is 0 Å². The predicted molar refractivity (Wildman–Crippen MR) is 73.1 cm³/mol. The van der Waals surface area contributed by atoms with Gasteiger partial charge in [0.2, 0.25) is 5.91 Å². The average Bonchev–Trinajstić information content (AvgIpc) is 3.03.